The van der Waals surface area contributed by atoms with Crippen molar-refractivity contribution < 1.29 is 0 Å². The number of azide groups is 1. The van der Waals surface area contributed by atoms with Crippen molar-refractivity contribution in [3.8, 4) is 11.1 Å². The highest BCUT2D eigenvalue weighted by Crippen LogP contribution is 2.37. The molecule has 0 spiro atoms. The van der Waals surface area contributed by atoms with Crippen molar-refractivity contribution in [2.75, 3.05) is 0 Å². The Kier molecular flexibility index (Phi) is 1.92. The van der Waals surface area contributed by atoms with Crippen LogP contribution in [0.1, 0.15) is 11.1 Å². The molecule has 1 aliphatic rings. The Bertz CT molecular complexity index is 610. The van der Waals surface area contributed by atoms with Gasteiger partial charge in [0.2, 0.25) is 0 Å². The topological polar surface area (TPSA) is 48.8 Å². The second kappa shape index (κ2) is 3.40. The number of nitrogens with zero attached hydrogens (tertiary/aromatic N) is 3. The molecule has 16 heavy (non-hydrogen) atoms. The van der Waals surface area contributed by atoms with Gasteiger partial charge in [0, 0.05) is 10.6 Å². The molecule has 0 aromatic heterocycles. The monoisotopic (exact) mass is 207 g/mol. The van der Waals surface area contributed by atoms with Crippen molar-refractivity contribution in [3.63, 3.8) is 0 Å². The summed E-state index contributed by atoms with van der Waals surface area (Å²) in [5.41, 5.74) is 14.2. The first-order valence-electron chi connectivity index (χ1n) is 5.15. The van der Waals surface area contributed by atoms with Gasteiger partial charge in [-0.05, 0) is 40.3 Å². The molecule has 3 heteroatoms. The minimum absolute atomic E-state index is 0.689. The van der Waals surface area contributed by atoms with Gasteiger partial charge in [-0.15, -0.1) is 0 Å². The van der Waals surface area contributed by atoms with Crippen LogP contribution in [0.4, 0.5) is 5.69 Å². The van der Waals surface area contributed by atoms with Crippen molar-refractivity contribution in [3.05, 3.63) is 64.0 Å². The van der Waals surface area contributed by atoms with Gasteiger partial charge in [0.15, 0.2) is 0 Å². The number of hydrogen-bond acceptors (Lipinski definition) is 1. The van der Waals surface area contributed by atoms with Crippen LogP contribution in [-0.2, 0) is 6.42 Å². The van der Waals surface area contributed by atoms with Crippen molar-refractivity contribution >= 4 is 5.69 Å². The Morgan fingerprint density at radius 2 is 1.81 bits per heavy atom. The summed E-state index contributed by atoms with van der Waals surface area (Å²) in [7, 11) is 0. The second-order valence-electron chi connectivity index (χ2n) is 3.86. The Morgan fingerprint density at radius 3 is 2.69 bits per heavy atom. The SMILES string of the molecule is [N-]=[N+]=Nc1ccc2c(c1)Cc1ccccc1-2. The zero-order valence-electron chi connectivity index (χ0n) is 8.59. The van der Waals surface area contributed by atoms with E-state index in [9.17, 15) is 0 Å². The predicted molar refractivity (Wildman–Crippen MR) is 63.5 cm³/mol. The number of rotatable bonds is 1. The number of hydrogen-bond donors (Lipinski definition) is 0. The lowest BCUT2D eigenvalue weighted by atomic mass is 10.1. The molecule has 0 heterocycles. The van der Waals surface area contributed by atoms with E-state index < -0.39 is 0 Å². The zero-order chi connectivity index (χ0) is 11.0. The third kappa shape index (κ3) is 1.27. The van der Waals surface area contributed by atoms with Crippen LogP contribution in [-0.4, -0.2) is 0 Å². The van der Waals surface area contributed by atoms with E-state index in [0.717, 1.165) is 6.42 Å². The first kappa shape index (κ1) is 9.01. The minimum atomic E-state index is 0.689. The maximum atomic E-state index is 8.40. The van der Waals surface area contributed by atoms with Crippen LogP contribution < -0.4 is 0 Å². The molecule has 0 fully saturated rings. The molecule has 2 aromatic rings. The van der Waals surface area contributed by atoms with Gasteiger partial charge < -0.3 is 0 Å². The van der Waals surface area contributed by atoms with Gasteiger partial charge in [-0.3, -0.25) is 0 Å². The van der Waals surface area contributed by atoms with Crippen LogP contribution in [0.15, 0.2) is 47.6 Å². The molecule has 0 atom stereocenters. The maximum Gasteiger partial charge on any atom is 0.0378 e. The fraction of sp³-hybridized carbons (Fsp3) is 0.0769. The molecular formula is C13H9N3. The minimum Gasteiger partial charge on any atom is -0.0619 e. The Labute approximate surface area is 93.0 Å². The summed E-state index contributed by atoms with van der Waals surface area (Å²) in [6.07, 6.45) is 0.931. The molecule has 0 radical (unpaired) electrons. The fourth-order valence-corrected chi connectivity index (χ4v) is 2.25. The van der Waals surface area contributed by atoms with E-state index in [2.05, 4.69) is 34.3 Å². The largest absolute Gasteiger partial charge is 0.0619 e. The predicted octanol–water partition coefficient (Wildman–Crippen LogP) is 4.20. The second-order valence-corrected chi connectivity index (χ2v) is 3.86. The molecule has 0 N–H and O–H groups in total. The van der Waals surface area contributed by atoms with E-state index in [1.54, 1.807) is 0 Å². The molecule has 0 amide bonds. The van der Waals surface area contributed by atoms with Gasteiger partial charge in [-0.1, -0.05) is 41.5 Å². The highest BCUT2D eigenvalue weighted by atomic mass is 15.1. The third-order valence-electron chi connectivity index (χ3n) is 2.94. The van der Waals surface area contributed by atoms with Gasteiger partial charge in [0.1, 0.15) is 0 Å². The molecule has 76 valence electrons. The molecule has 3 nitrogen and oxygen atoms in total. The highest BCUT2D eigenvalue weighted by Gasteiger charge is 2.17. The van der Waals surface area contributed by atoms with Gasteiger partial charge in [0.05, 0.1) is 0 Å². The Hall–Kier alpha value is -2.25. The van der Waals surface area contributed by atoms with E-state index in [-0.39, 0.29) is 0 Å². The summed E-state index contributed by atoms with van der Waals surface area (Å²) in [5, 5.41) is 3.63. The van der Waals surface area contributed by atoms with Crippen LogP contribution in [0.25, 0.3) is 21.6 Å². The first-order chi connectivity index (χ1) is 7.88. The van der Waals surface area contributed by atoms with E-state index in [1.807, 2.05) is 18.2 Å². The molecule has 2 aromatic carbocycles. The standard InChI is InChI=1S/C13H9N3/c14-16-15-11-5-6-13-10(8-11)7-9-3-1-2-4-12(9)13/h1-6,8H,7H2. The highest BCUT2D eigenvalue weighted by molar-refractivity contribution is 5.78. The average molecular weight is 207 g/mol. The molecule has 0 saturated carbocycles. The van der Waals surface area contributed by atoms with Crippen LogP contribution in [0.5, 0.6) is 0 Å². The lowest BCUT2D eigenvalue weighted by molar-refractivity contribution is 1.26. The molecule has 0 aliphatic heterocycles. The zero-order valence-corrected chi connectivity index (χ0v) is 8.59. The van der Waals surface area contributed by atoms with Crippen molar-refractivity contribution in [2.24, 2.45) is 5.11 Å². The van der Waals surface area contributed by atoms with E-state index >= 15 is 0 Å². The van der Waals surface area contributed by atoms with E-state index in [0.29, 0.717) is 5.69 Å². The summed E-state index contributed by atoms with van der Waals surface area (Å²) in [4.78, 5) is 2.81. The smallest absolute Gasteiger partial charge is 0.0378 e. The van der Waals surface area contributed by atoms with Gasteiger partial charge in [-0.2, -0.15) is 0 Å². The van der Waals surface area contributed by atoms with E-state index in [4.69, 9.17) is 5.53 Å². The molecular weight excluding hydrogens is 198 g/mol. The van der Waals surface area contributed by atoms with Crippen LogP contribution in [0.2, 0.25) is 0 Å². The summed E-state index contributed by atoms with van der Waals surface area (Å²) >= 11 is 0. The average Bonchev–Trinajstić information content (AvgIpc) is 2.67. The van der Waals surface area contributed by atoms with Crippen LogP contribution >= 0.6 is 0 Å². The van der Waals surface area contributed by atoms with Gasteiger partial charge in [0.25, 0.3) is 0 Å². The van der Waals surface area contributed by atoms with Gasteiger partial charge >= 0.3 is 0 Å². The molecule has 3 rings (SSSR count). The van der Waals surface area contributed by atoms with E-state index in [1.165, 1.54) is 22.3 Å². The first-order valence-corrected chi connectivity index (χ1v) is 5.15. The summed E-state index contributed by atoms with van der Waals surface area (Å²) in [6.45, 7) is 0. The molecule has 0 bridgehead atoms. The Balaban J connectivity index is 2.17. The van der Waals surface area contributed by atoms with Crippen LogP contribution in [0.3, 0.4) is 0 Å². The molecule has 1 aliphatic carbocycles. The summed E-state index contributed by atoms with van der Waals surface area (Å²) in [5.74, 6) is 0. The maximum absolute atomic E-state index is 8.40. The van der Waals surface area contributed by atoms with Crippen molar-refractivity contribution in [1.29, 1.82) is 0 Å². The quantitative estimate of drug-likeness (QED) is 0.326. The number of benzene rings is 2. The fourth-order valence-electron chi connectivity index (χ4n) is 2.25. The Morgan fingerprint density at radius 1 is 1.00 bits per heavy atom. The van der Waals surface area contributed by atoms with Crippen LogP contribution in [0, 0.1) is 0 Å². The molecule has 0 saturated heterocycles. The normalized spacial score (nSPS) is 11.5. The lowest BCUT2D eigenvalue weighted by Crippen LogP contribution is -1.78. The van der Waals surface area contributed by atoms with Crippen molar-refractivity contribution in [2.45, 2.75) is 6.42 Å². The third-order valence-corrected chi connectivity index (χ3v) is 2.94. The van der Waals surface area contributed by atoms with Crippen molar-refractivity contribution in [1.82, 2.24) is 0 Å². The number of fused-ring (bicyclic) bond motifs is 3. The molecule has 0 unspecified atom stereocenters. The lowest BCUT2D eigenvalue weighted by Gasteiger charge is -2.00. The van der Waals surface area contributed by atoms with Gasteiger partial charge in [-0.25, -0.2) is 0 Å². The summed E-state index contributed by atoms with van der Waals surface area (Å²) in [6, 6.07) is 14.2. The summed E-state index contributed by atoms with van der Waals surface area (Å²) < 4.78 is 0.